The Kier molecular flexibility index (Phi) is 6.76. The molecule has 29 heavy (non-hydrogen) atoms. The van der Waals surface area contributed by atoms with Crippen LogP contribution in [0.25, 0.3) is 0 Å². The van der Waals surface area contributed by atoms with Crippen LogP contribution in [0.15, 0.2) is 53.4 Å². The van der Waals surface area contributed by atoms with E-state index in [-0.39, 0.29) is 17.3 Å². The predicted molar refractivity (Wildman–Crippen MR) is 111 cm³/mol. The second-order valence-electron chi connectivity index (χ2n) is 6.82. The molecule has 0 spiro atoms. The molecule has 2 aromatic carbocycles. The first-order valence-electron chi connectivity index (χ1n) is 9.62. The van der Waals surface area contributed by atoms with E-state index in [4.69, 9.17) is 9.47 Å². The topological polar surface area (TPSA) is 84.9 Å². The standard InChI is InChI=1S/C21H26N2O5S/c1-3-28-19-8-6-17(7-9-19)22-21(24)16-5-4-14-23(15-16)29(25,26)20-12-10-18(27-2)11-13-20/h6-13,16H,3-5,14-15H2,1-2H3,(H,22,24)/t16-/m0/s1. The van der Waals surface area contributed by atoms with Crippen molar-refractivity contribution in [2.45, 2.75) is 24.7 Å². The summed E-state index contributed by atoms with van der Waals surface area (Å²) in [6.07, 6.45) is 1.29. The van der Waals surface area contributed by atoms with E-state index in [9.17, 15) is 13.2 Å². The van der Waals surface area contributed by atoms with E-state index < -0.39 is 15.9 Å². The number of carbonyl (C=O) groups excluding carboxylic acids is 1. The van der Waals surface area contributed by atoms with Gasteiger partial charge >= 0.3 is 0 Å². The van der Waals surface area contributed by atoms with Gasteiger partial charge in [0.25, 0.3) is 0 Å². The number of piperidine rings is 1. The molecule has 1 N–H and O–H groups in total. The van der Waals surface area contributed by atoms with Crippen molar-refractivity contribution in [1.29, 1.82) is 0 Å². The van der Waals surface area contributed by atoms with Crippen LogP contribution in [0.4, 0.5) is 5.69 Å². The minimum Gasteiger partial charge on any atom is -0.497 e. The highest BCUT2D eigenvalue weighted by molar-refractivity contribution is 7.89. The number of hydrogen-bond donors (Lipinski definition) is 1. The molecule has 7 nitrogen and oxygen atoms in total. The second-order valence-corrected chi connectivity index (χ2v) is 8.76. The number of amides is 1. The zero-order chi connectivity index (χ0) is 20.9. The van der Waals surface area contributed by atoms with Gasteiger partial charge in [-0.3, -0.25) is 4.79 Å². The average molecular weight is 419 g/mol. The molecule has 3 rings (SSSR count). The van der Waals surface area contributed by atoms with Gasteiger partial charge in [0.1, 0.15) is 11.5 Å². The maximum Gasteiger partial charge on any atom is 0.243 e. The highest BCUT2D eigenvalue weighted by atomic mass is 32.2. The van der Waals surface area contributed by atoms with Crippen LogP contribution < -0.4 is 14.8 Å². The predicted octanol–water partition coefficient (Wildman–Crippen LogP) is 3.13. The summed E-state index contributed by atoms with van der Waals surface area (Å²) >= 11 is 0. The Balaban J connectivity index is 1.66. The molecule has 8 heteroatoms. The molecule has 2 aromatic rings. The van der Waals surface area contributed by atoms with E-state index in [1.54, 1.807) is 36.4 Å². The first kappa shape index (κ1) is 21.1. The molecule has 1 saturated heterocycles. The minimum absolute atomic E-state index is 0.164. The third-order valence-electron chi connectivity index (χ3n) is 4.88. The van der Waals surface area contributed by atoms with Gasteiger partial charge in [0.2, 0.25) is 15.9 Å². The lowest BCUT2D eigenvalue weighted by molar-refractivity contribution is -0.120. The number of nitrogens with one attached hydrogen (secondary N) is 1. The van der Waals surface area contributed by atoms with Gasteiger partial charge in [-0.05, 0) is 68.3 Å². The SMILES string of the molecule is CCOc1ccc(NC(=O)[C@H]2CCCN(S(=O)(=O)c3ccc(OC)cc3)C2)cc1. The molecule has 0 bridgehead atoms. The third kappa shape index (κ3) is 5.07. The molecule has 1 fully saturated rings. The van der Waals surface area contributed by atoms with Crippen molar-refractivity contribution < 1.29 is 22.7 Å². The molecular weight excluding hydrogens is 392 g/mol. The number of anilines is 1. The van der Waals surface area contributed by atoms with Gasteiger partial charge in [0, 0.05) is 18.8 Å². The van der Waals surface area contributed by atoms with Crippen LogP contribution in [0.3, 0.4) is 0 Å². The van der Waals surface area contributed by atoms with E-state index in [0.717, 1.165) is 5.75 Å². The van der Waals surface area contributed by atoms with Crippen LogP contribution >= 0.6 is 0 Å². The minimum atomic E-state index is -3.66. The van der Waals surface area contributed by atoms with Gasteiger partial charge in [-0.2, -0.15) is 4.31 Å². The number of ether oxygens (including phenoxy) is 2. The molecule has 1 amide bonds. The van der Waals surface area contributed by atoms with Gasteiger partial charge < -0.3 is 14.8 Å². The molecule has 1 aliphatic rings. The normalized spacial score (nSPS) is 17.5. The average Bonchev–Trinajstić information content (AvgIpc) is 2.75. The maximum absolute atomic E-state index is 13.0. The molecule has 1 atom stereocenters. The van der Waals surface area contributed by atoms with E-state index in [0.29, 0.717) is 37.4 Å². The van der Waals surface area contributed by atoms with Crippen LogP contribution in [-0.2, 0) is 14.8 Å². The molecule has 0 saturated carbocycles. The van der Waals surface area contributed by atoms with Crippen molar-refractivity contribution in [3.8, 4) is 11.5 Å². The summed E-state index contributed by atoms with van der Waals surface area (Å²) in [5.41, 5.74) is 0.661. The third-order valence-corrected chi connectivity index (χ3v) is 6.76. The Morgan fingerprint density at radius 2 is 1.76 bits per heavy atom. The van der Waals surface area contributed by atoms with Crippen molar-refractivity contribution >= 4 is 21.6 Å². The summed E-state index contributed by atoms with van der Waals surface area (Å²) in [7, 11) is -2.13. The van der Waals surface area contributed by atoms with Crippen molar-refractivity contribution in [2.75, 3.05) is 32.1 Å². The summed E-state index contributed by atoms with van der Waals surface area (Å²) in [6, 6.07) is 13.4. The Morgan fingerprint density at radius 3 is 2.38 bits per heavy atom. The number of sulfonamides is 1. The largest absolute Gasteiger partial charge is 0.497 e. The Hall–Kier alpha value is -2.58. The van der Waals surface area contributed by atoms with Crippen LogP contribution in [0, 0.1) is 5.92 Å². The smallest absolute Gasteiger partial charge is 0.243 e. The zero-order valence-corrected chi connectivity index (χ0v) is 17.4. The molecular formula is C21H26N2O5S. The Morgan fingerprint density at radius 1 is 1.10 bits per heavy atom. The quantitative estimate of drug-likeness (QED) is 0.747. The lowest BCUT2D eigenvalue weighted by Gasteiger charge is -2.31. The number of methoxy groups -OCH3 is 1. The molecule has 0 unspecified atom stereocenters. The fourth-order valence-corrected chi connectivity index (χ4v) is 4.84. The number of carbonyl (C=O) groups is 1. The molecule has 0 radical (unpaired) electrons. The van der Waals surface area contributed by atoms with Gasteiger partial charge in [-0.1, -0.05) is 0 Å². The van der Waals surface area contributed by atoms with Gasteiger partial charge in [0.05, 0.1) is 24.5 Å². The Bertz CT molecular complexity index is 927. The zero-order valence-electron chi connectivity index (χ0n) is 16.6. The number of rotatable bonds is 7. The summed E-state index contributed by atoms with van der Waals surface area (Å²) in [6.45, 7) is 3.05. The van der Waals surface area contributed by atoms with Crippen LogP contribution in [-0.4, -0.2) is 45.4 Å². The van der Waals surface area contributed by atoms with Gasteiger partial charge in [0.15, 0.2) is 0 Å². The second kappa shape index (κ2) is 9.28. The molecule has 0 aliphatic carbocycles. The van der Waals surface area contributed by atoms with Crippen LogP contribution in [0.5, 0.6) is 11.5 Å². The van der Waals surface area contributed by atoms with E-state index >= 15 is 0 Å². The molecule has 156 valence electrons. The number of benzene rings is 2. The molecule has 1 heterocycles. The van der Waals surface area contributed by atoms with Gasteiger partial charge in [-0.15, -0.1) is 0 Å². The summed E-state index contributed by atoms with van der Waals surface area (Å²) in [5.74, 6) is 0.752. The van der Waals surface area contributed by atoms with Gasteiger partial charge in [-0.25, -0.2) is 8.42 Å². The maximum atomic E-state index is 13.0. The Labute approximate surface area is 171 Å². The summed E-state index contributed by atoms with van der Waals surface area (Å²) in [4.78, 5) is 12.9. The number of nitrogens with zero attached hydrogens (tertiary/aromatic N) is 1. The lowest BCUT2D eigenvalue weighted by atomic mass is 9.99. The molecule has 1 aliphatic heterocycles. The van der Waals surface area contributed by atoms with Crippen molar-refractivity contribution in [2.24, 2.45) is 5.92 Å². The van der Waals surface area contributed by atoms with Crippen molar-refractivity contribution in [3.63, 3.8) is 0 Å². The van der Waals surface area contributed by atoms with Crippen LogP contribution in [0.2, 0.25) is 0 Å². The first-order valence-corrected chi connectivity index (χ1v) is 11.1. The van der Waals surface area contributed by atoms with E-state index in [1.165, 1.54) is 23.5 Å². The van der Waals surface area contributed by atoms with E-state index in [1.807, 2.05) is 6.92 Å². The first-order chi connectivity index (χ1) is 13.9. The van der Waals surface area contributed by atoms with Crippen molar-refractivity contribution in [1.82, 2.24) is 4.31 Å². The monoisotopic (exact) mass is 418 g/mol. The highest BCUT2D eigenvalue weighted by Gasteiger charge is 2.33. The van der Waals surface area contributed by atoms with Crippen molar-refractivity contribution in [3.05, 3.63) is 48.5 Å². The summed E-state index contributed by atoms with van der Waals surface area (Å²) < 4.78 is 37.8. The van der Waals surface area contributed by atoms with E-state index in [2.05, 4.69) is 5.32 Å². The fraction of sp³-hybridized carbons (Fsp3) is 0.381. The fourth-order valence-electron chi connectivity index (χ4n) is 3.32. The highest BCUT2D eigenvalue weighted by Crippen LogP contribution is 2.26. The number of hydrogen-bond acceptors (Lipinski definition) is 5. The molecule has 0 aromatic heterocycles. The summed E-state index contributed by atoms with van der Waals surface area (Å²) in [5, 5.41) is 2.88. The van der Waals surface area contributed by atoms with Crippen LogP contribution in [0.1, 0.15) is 19.8 Å². The lowest BCUT2D eigenvalue weighted by Crippen LogP contribution is -2.43.